The van der Waals surface area contributed by atoms with Crippen LogP contribution in [0, 0.1) is 0 Å². The van der Waals surface area contributed by atoms with E-state index in [0.717, 1.165) is 11.3 Å². The molecule has 104 valence electrons. The summed E-state index contributed by atoms with van der Waals surface area (Å²) in [6.07, 6.45) is 13.2. The second kappa shape index (κ2) is 6.40. The Morgan fingerprint density at radius 3 is 1.74 bits per heavy atom. The third-order valence-corrected chi connectivity index (χ3v) is 8.58. The fourth-order valence-electron chi connectivity index (χ4n) is 3.99. The lowest BCUT2D eigenvalue weighted by atomic mass is 10.2. The maximum atomic E-state index is 2.47. The summed E-state index contributed by atoms with van der Waals surface area (Å²) in [5, 5.41) is 1.71. The summed E-state index contributed by atoms with van der Waals surface area (Å²) in [7, 11) is 0.125. The van der Waals surface area contributed by atoms with Crippen LogP contribution in [0.1, 0.15) is 63.9 Å². The van der Waals surface area contributed by atoms with Crippen molar-refractivity contribution in [1.29, 1.82) is 0 Å². The maximum absolute atomic E-state index is 2.47. The average molecular weight is 274 g/mol. The third-order valence-electron chi connectivity index (χ3n) is 5.08. The minimum absolute atomic E-state index is 0.125. The number of hydrogen-bond donors (Lipinski definition) is 0. The molecule has 1 heteroatoms. The first kappa shape index (κ1) is 13.6. The van der Waals surface area contributed by atoms with Gasteiger partial charge in [0.1, 0.15) is 0 Å². The van der Waals surface area contributed by atoms with Crippen LogP contribution in [0.25, 0.3) is 0 Å². The molecule has 0 spiro atoms. The van der Waals surface area contributed by atoms with E-state index < -0.39 is 0 Å². The quantitative estimate of drug-likeness (QED) is 0.658. The number of rotatable bonds is 4. The van der Waals surface area contributed by atoms with E-state index in [-0.39, 0.29) is 7.92 Å². The van der Waals surface area contributed by atoms with Crippen LogP contribution >= 0.6 is 7.92 Å². The molecule has 3 rings (SSSR count). The van der Waals surface area contributed by atoms with Gasteiger partial charge in [0, 0.05) is 0 Å². The highest BCUT2D eigenvalue weighted by molar-refractivity contribution is 7.67. The van der Waals surface area contributed by atoms with Crippen LogP contribution in [-0.4, -0.2) is 11.3 Å². The van der Waals surface area contributed by atoms with Crippen molar-refractivity contribution in [2.24, 2.45) is 0 Å². The molecule has 0 heterocycles. The largest absolute Gasteiger partial charge is 0.0690 e. The van der Waals surface area contributed by atoms with E-state index in [0.29, 0.717) is 0 Å². The first-order chi connectivity index (χ1) is 9.38. The van der Waals surface area contributed by atoms with Gasteiger partial charge in [-0.2, -0.15) is 0 Å². The molecule has 1 aromatic rings. The highest BCUT2D eigenvalue weighted by Gasteiger charge is 2.33. The van der Waals surface area contributed by atoms with Gasteiger partial charge in [0.05, 0.1) is 0 Å². The first-order valence-electron chi connectivity index (χ1n) is 8.26. The van der Waals surface area contributed by atoms with Crippen LogP contribution in [0.15, 0.2) is 24.3 Å². The minimum Gasteiger partial charge on any atom is -0.0690 e. The Morgan fingerprint density at radius 2 is 1.32 bits per heavy atom. The predicted molar refractivity (Wildman–Crippen MR) is 86.9 cm³/mol. The molecule has 0 saturated heterocycles. The maximum Gasteiger partial charge on any atom is -0.0166 e. The highest BCUT2D eigenvalue weighted by Crippen LogP contribution is 2.56. The van der Waals surface area contributed by atoms with Crippen molar-refractivity contribution in [3.63, 3.8) is 0 Å². The Kier molecular flexibility index (Phi) is 4.59. The molecule has 2 saturated carbocycles. The van der Waals surface area contributed by atoms with E-state index in [9.17, 15) is 0 Å². The molecule has 1 aromatic carbocycles. The van der Waals surface area contributed by atoms with E-state index in [1.165, 1.54) is 63.4 Å². The standard InChI is InChI=1S/C18H27P/c1-2-15-11-13-18(14-12-15)19(16-7-3-4-8-16)17-9-5-6-10-17/h11-14,16-17H,2-10H2,1H3. The summed E-state index contributed by atoms with van der Waals surface area (Å²) in [5.41, 5.74) is 3.59. The predicted octanol–water partition coefficient (Wildman–Crippen LogP) is 5.24. The molecule has 19 heavy (non-hydrogen) atoms. The lowest BCUT2D eigenvalue weighted by Gasteiger charge is -2.30. The van der Waals surface area contributed by atoms with Crippen LogP contribution in [-0.2, 0) is 6.42 Å². The smallest absolute Gasteiger partial charge is 0.0166 e. The van der Waals surface area contributed by atoms with Gasteiger partial charge in [0.15, 0.2) is 0 Å². The zero-order valence-electron chi connectivity index (χ0n) is 12.3. The summed E-state index contributed by atoms with van der Waals surface area (Å²) in [6.45, 7) is 2.26. The molecule has 2 aliphatic carbocycles. The summed E-state index contributed by atoms with van der Waals surface area (Å²) < 4.78 is 0. The second-order valence-electron chi connectivity index (χ2n) is 6.30. The van der Waals surface area contributed by atoms with E-state index >= 15 is 0 Å². The highest BCUT2D eigenvalue weighted by atomic mass is 31.1. The van der Waals surface area contributed by atoms with Gasteiger partial charge in [-0.05, 0) is 54.3 Å². The fourth-order valence-corrected chi connectivity index (χ4v) is 7.76. The van der Waals surface area contributed by atoms with Crippen LogP contribution < -0.4 is 5.30 Å². The van der Waals surface area contributed by atoms with Gasteiger partial charge in [-0.15, -0.1) is 0 Å². The van der Waals surface area contributed by atoms with E-state index in [1.807, 2.05) is 0 Å². The van der Waals surface area contributed by atoms with Gasteiger partial charge < -0.3 is 0 Å². The Hall–Kier alpha value is -0.350. The molecular formula is C18H27P. The Balaban J connectivity index is 1.83. The lowest BCUT2D eigenvalue weighted by molar-refractivity contribution is 0.835. The number of benzene rings is 1. The van der Waals surface area contributed by atoms with Crippen molar-refractivity contribution in [3.8, 4) is 0 Å². The molecular weight excluding hydrogens is 247 g/mol. The normalized spacial score (nSPS) is 21.6. The van der Waals surface area contributed by atoms with E-state index in [4.69, 9.17) is 0 Å². The zero-order chi connectivity index (χ0) is 13.1. The number of hydrogen-bond acceptors (Lipinski definition) is 0. The Morgan fingerprint density at radius 1 is 0.842 bits per heavy atom. The van der Waals surface area contributed by atoms with Crippen LogP contribution in [0.4, 0.5) is 0 Å². The molecule has 0 amide bonds. The van der Waals surface area contributed by atoms with Gasteiger partial charge in [0.2, 0.25) is 0 Å². The van der Waals surface area contributed by atoms with Crippen molar-refractivity contribution in [2.45, 2.75) is 76.0 Å². The summed E-state index contributed by atoms with van der Waals surface area (Å²) in [4.78, 5) is 0. The van der Waals surface area contributed by atoms with Gasteiger partial charge in [-0.3, -0.25) is 0 Å². The third kappa shape index (κ3) is 3.05. The van der Waals surface area contributed by atoms with Crippen LogP contribution in [0.2, 0.25) is 0 Å². The minimum atomic E-state index is 0.125. The Bertz CT molecular complexity index is 367. The molecule has 0 aromatic heterocycles. The van der Waals surface area contributed by atoms with Crippen molar-refractivity contribution >= 4 is 13.2 Å². The Labute approximate surface area is 119 Å². The second-order valence-corrected chi connectivity index (χ2v) is 9.10. The molecule has 0 bridgehead atoms. The van der Waals surface area contributed by atoms with Gasteiger partial charge in [-0.1, -0.05) is 64.8 Å². The van der Waals surface area contributed by atoms with Crippen molar-refractivity contribution < 1.29 is 0 Å². The lowest BCUT2D eigenvalue weighted by Crippen LogP contribution is -2.19. The molecule has 0 unspecified atom stereocenters. The van der Waals surface area contributed by atoms with E-state index in [2.05, 4.69) is 31.2 Å². The summed E-state index contributed by atoms with van der Waals surface area (Å²) >= 11 is 0. The van der Waals surface area contributed by atoms with Gasteiger partial charge in [-0.25, -0.2) is 0 Å². The van der Waals surface area contributed by atoms with Crippen LogP contribution in [0.5, 0.6) is 0 Å². The molecule has 0 N–H and O–H groups in total. The van der Waals surface area contributed by atoms with Crippen molar-refractivity contribution in [2.75, 3.05) is 0 Å². The monoisotopic (exact) mass is 274 g/mol. The van der Waals surface area contributed by atoms with E-state index in [1.54, 1.807) is 5.30 Å². The summed E-state index contributed by atoms with van der Waals surface area (Å²) in [5.74, 6) is 0. The molecule has 2 aliphatic rings. The first-order valence-corrected chi connectivity index (χ1v) is 9.74. The van der Waals surface area contributed by atoms with Crippen molar-refractivity contribution in [1.82, 2.24) is 0 Å². The topological polar surface area (TPSA) is 0 Å². The zero-order valence-corrected chi connectivity index (χ0v) is 13.2. The average Bonchev–Trinajstić information content (AvgIpc) is 3.13. The fraction of sp³-hybridized carbons (Fsp3) is 0.667. The van der Waals surface area contributed by atoms with Gasteiger partial charge in [0.25, 0.3) is 0 Å². The van der Waals surface area contributed by atoms with Crippen molar-refractivity contribution in [3.05, 3.63) is 29.8 Å². The SMILES string of the molecule is CCc1ccc(P(C2CCCC2)C2CCCC2)cc1. The molecule has 2 fully saturated rings. The summed E-state index contributed by atoms with van der Waals surface area (Å²) in [6, 6.07) is 9.71. The number of aryl methyl sites for hydroxylation is 1. The van der Waals surface area contributed by atoms with Crippen LogP contribution in [0.3, 0.4) is 0 Å². The molecule has 0 atom stereocenters. The molecule has 0 aliphatic heterocycles. The molecule has 0 radical (unpaired) electrons. The van der Waals surface area contributed by atoms with Gasteiger partial charge >= 0.3 is 0 Å². The molecule has 0 nitrogen and oxygen atoms in total.